The molecule has 2 aromatic carbocycles. The Morgan fingerprint density at radius 1 is 1.00 bits per heavy atom. The molecule has 4 heteroatoms. The van der Waals surface area contributed by atoms with Crippen molar-refractivity contribution in [1.29, 1.82) is 0 Å². The lowest BCUT2D eigenvalue weighted by molar-refractivity contribution is 1.38. The summed E-state index contributed by atoms with van der Waals surface area (Å²) in [4.78, 5) is 0. The van der Waals surface area contributed by atoms with E-state index in [1.165, 1.54) is 11.1 Å². The fraction of sp³-hybridized carbons (Fsp3) is 0.133. The number of halogens is 1. The largest absolute Gasteiger partial charge is 0.332 e. The highest BCUT2D eigenvalue weighted by Gasteiger charge is 2.03. The predicted octanol–water partition coefficient (Wildman–Crippen LogP) is 4.72. The molecule has 2 N–H and O–H groups in total. The fourth-order valence-corrected chi connectivity index (χ4v) is 2.53. The SMILES string of the molecule is Cc1ccc(NC(=S)Nc2ccccc2I)c(C)c1. The number of hydrogen-bond acceptors (Lipinski definition) is 1. The molecule has 0 fully saturated rings. The van der Waals surface area contributed by atoms with Gasteiger partial charge in [0.2, 0.25) is 0 Å². The van der Waals surface area contributed by atoms with E-state index in [0.29, 0.717) is 5.11 Å². The van der Waals surface area contributed by atoms with Crippen LogP contribution in [0.2, 0.25) is 0 Å². The van der Waals surface area contributed by atoms with Gasteiger partial charge in [0.25, 0.3) is 0 Å². The van der Waals surface area contributed by atoms with Gasteiger partial charge in [0.15, 0.2) is 5.11 Å². The Morgan fingerprint density at radius 3 is 2.37 bits per heavy atom. The van der Waals surface area contributed by atoms with Crippen LogP contribution in [0.1, 0.15) is 11.1 Å². The maximum Gasteiger partial charge on any atom is 0.175 e. The molecule has 0 aromatic heterocycles. The maximum absolute atomic E-state index is 5.34. The van der Waals surface area contributed by atoms with Crippen LogP contribution in [0.4, 0.5) is 11.4 Å². The van der Waals surface area contributed by atoms with Crippen LogP contribution in [0.25, 0.3) is 0 Å². The van der Waals surface area contributed by atoms with Crippen molar-refractivity contribution in [2.75, 3.05) is 10.6 Å². The molecule has 0 saturated heterocycles. The quantitative estimate of drug-likeness (QED) is 0.581. The number of benzene rings is 2. The van der Waals surface area contributed by atoms with Crippen LogP contribution < -0.4 is 10.6 Å². The summed E-state index contributed by atoms with van der Waals surface area (Å²) in [6.45, 7) is 4.16. The minimum absolute atomic E-state index is 0.607. The van der Waals surface area contributed by atoms with Crippen molar-refractivity contribution < 1.29 is 0 Å². The molecular formula is C15H15IN2S. The molecule has 0 aliphatic heterocycles. The summed E-state index contributed by atoms with van der Waals surface area (Å²) in [7, 11) is 0. The van der Waals surface area contributed by atoms with Gasteiger partial charge in [-0.3, -0.25) is 0 Å². The van der Waals surface area contributed by atoms with E-state index < -0.39 is 0 Å². The van der Waals surface area contributed by atoms with Gasteiger partial charge in [-0.15, -0.1) is 0 Å². The molecule has 0 aliphatic rings. The summed E-state index contributed by atoms with van der Waals surface area (Å²) < 4.78 is 1.14. The van der Waals surface area contributed by atoms with E-state index in [-0.39, 0.29) is 0 Å². The van der Waals surface area contributed by atoms with Crippen LogP contribution in [0.5, 0.6) is 0 Å². The highest BCUT2D eigenvalue weighted by Crippen LogP contribution is 2.19. The van der Waals surface area contributed by atoms with Crippen LogP contribution in [0.3, 0.4) is 0 Å². The molecule has 98 valence electrons. The fourth-order valence-electron chi connectivity index (χ4n) is 1.79. The second-order valence-corrected chi connectivity index (χ2v) is 5.95. The summed E-state index contributed by atoms with van der Waals surface area (Å²) in [5.74, 6) is 0. The van der Waals surface area contributed by atoms with E-state index in [4.69, 9.17) is 12.2 Å². The average molecular weight is 382 g/mol. The number of thiocarbonyl (C=S) groups is 1. The Balaban J connectivity index is 2.08. The number of rotatable bonds is 2. The number of anilines is 2. The Morgan fingerprint density at radius 2 is 1.68 bits per heavy atom. The van der Waals surface area contributed by atoms with E-state index >= 15 is 0 Å². The smallest absolute Gasteiger partial charge is 0.175 e. The molecular weight excluding hydrogens is 367 g/mol. The predicted molar refractivity (Wildman–Crippen MR) is 94.9 cm³/mol. The summed E-state index contributed by atoms with van der Waals surface area (Å²) >= 11 is 7.63. The lowest BCUT2D eigenvalue weighted by atomic mass is 10.1. The van der Waals surface area contributed by atoms with Crippen LogP contribution >= 0.6 is 34.8 Å². The minimum atomic E-state index is 0.607. The summed E-state index contributed by atoms with van der Waals surface area (Å²) in [5, 5.41) is 7.05. The lowest BCUT2D eigenvalue weighted by Gasteiger charge is -2.13. The minimum Gasteiger partial charge on any atom is -0.332 e. The first-order valence-electron chi connectivity index (χ1n) is 5.96. The highest BCUT2D eigenvalue weighted by atomic mass is 127. The molecule has 0 aliphatic carbocycles. The van der Waals surface area contributed by atoms with Crippen molar-refractivity contribution in [3.8, 4) is 0 Å². The standard InChI is InChI=1S/C15H15IN2S/c1-10-7-8-13(11(2)9-10)17-15(19)18-14-6-4-3-5-12(14)16/h3-9H,1-2H3,(H2,17,18,19). The Hall–Kier alpha value is -1.14. The van der Waals surface area contributed by atoms with E-state index in [0.717, 1.165) is 14.9 Å². The molecule has 2 nitrogen and oxygen atoms in total. The number of aryl methyl sites for hydroxylation is 2. The molecule has 0 unspecified atom stereocenters. The summed E-state index contributed by atoms with van der Waals surface area (Å²) in [5.41, 5.74) is 4.49. The average Bonchev–Trinajstić information content (AvgIpc) is 2.36. The van der Waals surface area contributed by atoms with Crippen molar-refractivity contribution in [1.82, 2.24) is 0 Å². The Kier molecular flexibility index (Phi) is 4.76. The zero-order valence-corrected chi connectivity index (χ0v) is 13.8. The van der Waals surface area contributed by atoms with Crippen molar-refractivity contribution in [3.05, 3.63) is 57.2 Å². The number of nitrogens with one attached hydrogen (secondary N) is 2. The third kappa shape index (κ3) is 3.91. The van der Waals surface area contributed by atoms with Crippen LogP contribution in [0.15, 0.2) is 42.5 Å². The molecule has 0 saturated carbocycles. The van der Waals surface area contributed by atoms with Gasteiger partial charge in [-0.25, -0.2) is 0 Å². The normalized spacial score (nSPS) is 10.1. The molecule has 2 aromatic rings. The lowest BCUT2D eigenvalue weighted by Crippen LogP contribution is -2.20. The zero-order valence-electron chi connectivity index (χ0n) is 10.8. The topological polar surface area (TPSA) is 24.1 Å². The van der Waals surface area contributed by atoms with Gasteiger partial charge in [0.05, 0.1) is 5.69 Å². The molecule has 0 bridgehead atoms. The van der Waals surface area contributed by atoms with Gasteiger partial charge >= 0.3 is 0 Å². The zero-order chi connectivity index (χ0) is 13.8. The molecule has 0 atom stereocenters. The van der Waals surface area contributed by atoms with Gasteiger partial charge in [-0.1, -0.05) is 29.8 Å². The van der Waals surface area contributed by atoms with E-state index in [9.17, 15) is 0 Å². The first kappa shape index (κ1) is 14.3. The number of hydrogen-bond donors (Lipinski definition) is 2. The van der Waals surface area contributed by atoms with Gasteiger partial charge in [-0.05, 0) is 72.4 Å². The monoisotopic (exact) mass is 382 g/mol. The first-order valence-corrected chi connectivity index (χ1v) is 7.45. The molecule has 0 radical (unpaired) electrons. The van der Waals surface area contributed by atoms with Crippen LogP contribution in [-0.4, -0.2) is 5.11 Å². The van der Waals surface area contributed by atoms with Crippen molar-refractivity contribution in [2.24, 2.45) is 0 Å². The van der Waals surface area contributed by atoms with Gasteiger partial charge in [-0.2, -0.15) is 0 Å². The first-order chi connectivity index (χ1) is 9.06. The Bertz CT molecular complexity index is 611. The molecule has 0 spiro atoms. The van der Waals surface area contributed by atoms with Gasteiger partial charge in [0.1, 0.15) is 0 Å². The second kappa shape index (κ2) is 6.34. The van der Waals surface area contributed by atoms with E-state index in [1.54, 1.807) is 0 Å². The van der Waals surface area contributed by atoms with Gasteiger partial charge in [0, 0.05) is 9.26 Å². The summed E-state index contributed by atoms with van der Waals surface area (Å²) in [6.07, 6.45) is 0. The molecule has 0 amide bonds. The van der Waals surface area contributed by atoms with Crippen LogP contribution in [0, 0.1) is 17.4 Å². The van der Waals surface area contributed by atoms with Crippen molar-refractivity contribution in [3.63, 3.8) is 0 Å². The molecule has 2 rings (SSSR count). The number of para-hydroxylation sites is 1. The maximum atomic E-state index is 5.34. The van der Waals surface area contributed by atoms with Crippen molar-refractivity contribution in [2.45, 2.75) is 13.8 Å². The van der Waals surface area contributed by atoms with Crippen LogP contribution in [-0.2, 0) is 0 Å². The second-order valence-electron chi connectivity index (χ2n) is 4.38. The molecule has 19 heavy (non-hydrogen) atoms. The highest BCUT2D eigenvalue weighted by molar-refractivity contribution is 14.1. The third-order valence-corrected chi connectivity index (χ3v) is 3.90. The molecule has 0 heterocycles. The summed E-state index contributed by atoms with van der Waals surface area (Å²) in [6, 6.07) is 14.3. The van der Waals surface area contributed by atoms with Crippen molar-refractivity contribution >= 4 is 51.3 Å². The Labute approximate surface area is 132 Å². The van der Waals surface area contributed by atoms with E-state index in [2.05, 4.69) is 65.3 Å². The third-order valence-electron chi connectivity index (χ3n) is 2.75. The van der Waals surface area contributed by atoms with E-state index in [1.807, 2.05) is 24.3 Å². The van der Waals surface area contributed by atoms with Gasteiger partial charge < -0.3 is 10.6 Å².